The molecule has 7 nitrogen and oxygen atoms in total. The zero-order chi connectivity index (χ0) is 25.2. The van der Waals surface area contributed by atoms with Crippen LogP contribution in [0.1, 0.15) is 15.9 Å². The van der Waals surface area contributed by atoms with Crippen molar-refractivity contribution in [2.75, 3.05) is 13.2 Å². The summed E-state index contributed by atoms with van der Waals surface area (Å²) in [7, 11) is 0. The molecule has 3 rings (SSSR count). The number of hydrogen-bond donors (Lipinski definition) is 3. The van der Waals surface area contributed by atoms with E-state index in [4.69, 9.17) is 33.3 Å². The second-order valence-corrected chi connectivity index (χ2v) is 9.66. The number of ether oxygens (including phenoxy) is 2. The van der Waals surface area contributed by atoms with Crippen LogP contribution < -0.4 is 25.6 Å². The number of nitrogens with one attached hydrogen (secondary N) is 3. The van der Waals surface area contributed by atoms with Crippen LogP contribution in [0.15, 0.2) is 75.7 Å². The summed E-state index contributed by atoms with van der Waals surface area (Å²) in [6.07, 6.45) is 0.693. The number of benzene rings is 3. The van der Waals surface area contributed by atoms with Gasteiger partial charge in [0.15, 0.2) is 11.7 Å². The van der Waals surface area contributed by atoms with Gasteiger partial charge in [-0.1, -0.05) is 57.9 Å². The first-order chi connectivity index (χ1) is 16.8. The van der Waals surface area contributed by atoms with Crippen LogP contribution >= 0.6 is 55.7 Å². The summed E-state index contributed by atoms with van der Waals surface area (Å²) < 4.78 is 12.6. The minimum atomic E-state index is -0.504. The van der Waals surface area contributed by atoms with Gasteiger partial charge in [-0.05, 0) is 70.1 Å². The molecule has 0 spiro atoms. The van der Waals surface area contributed by atoms with Gasteiger partial charge in [-0.2, -0.15) is 0 Å². The number of amides is 2. The third-order valence-corrected chi connectivity index (χ3v) is 6.02. The zero-order valence-corrected chi connectivity index (χ0v) is 22.9. The fourth-order valence-corrected chi connectivity index (χ4v) is 4.13. The highest BCUT2D eigenvalue weighted by Gasteiger charge is 2.15. The highest BCUT2D eigenvalue weighted by atomic mass is 79.9. The minimum Gasteiger partial charge on any atom is -0.492 e. The summed E-state index contributed by atoms with van der Waals surface area (Å²) in [5, 5.41) is 2.96. The van der Waals surface area contributed by atoms with Crippen molar-refractivity contribution in [1.82, 2.24) is 16.2 Å². The monoisotopic (exact) mass is 639 g/mol. The van der Waals surface area contributed by atoms with Crippen LogP contribution in [0.25, 0.3) is 0 Å². The van der Waals surface area contributed by atoms with E-state index < -0.39 is 11.8 Å². The maximum Gasteiger partial charge on any atom is 0.276 e. The highest BCUT2D eigenvalue weighted by molar-refractivity contribution is 9.10. The Morgan fingerprint density at radius 2 is 1.66 bits per heavy atom. The molecule has 2 amide bonds. The smallest absolute Gasteiger partial charge is 0.276 e. The van der Waals surface area contributed by atoms with Gasteiger partial charge in [-0.3, -0.25) is 25.8 Å². The van der Waals surface area contributed by atoms with Gasteiger partial charge in [0.25, 0.3) is 11.8 Å². The first-order valence-corrected chi connectivity index (χ1v) is 12.6. The van der Waals surface area contributed by atoms with Crippen LogP contribution in [0.2, 0.25) is 5.02 Å². The lowest BCUT2D eigenvalue weighted by Crippen LogP contribution is -2.49. The molecule has 35 heavy (non-hydrogen) atoms. The fourth-order valence-electron chi connectivity index (χ4n) is 2.83. The Morgan fingerprint density at radius 3 is 2.40 bits per heavy atom. The van der Waals surface area contributed by atoms with Gasteiger partial charge in [0, 0.05) is 15.9 Å². The minimum absolute atomic E-state index is 0.0914. The predicted octanol–water partition coefficient (Wildman–Crippen LogP) is 5.20. The molecule has 0 saturated carbocycles. The molecule has 0 radical (unpaired) electrons. The molecule has 3 aromatic carbocycles. The average Bonchev–Trinajstić information content (AvgIpc) is 2.83. The number of hydrogen-bond acceptors (Lipinski definition) is 5. The maximum absolute atomic E-state index is 12.8. The van der Waals surface area contributed by atoms with Crippen LogP contribution in [0, 0.1) is 0 Å². The van der Waals surface area contributed by atoms with E-state index in [1.807, 2.05) is 30.3 Å². The first-order valence-electron chi connectivity index (χ1n) is 10.3. The lowest BCUT2D eigenvalue weighted by atomic mass is 10.1. The standard InChI is InChI=1S/C24H20Br2ClN3O4S/c25-16-6-8-20(33-11-10-15-4-2-1-3-5-15)18(12-16)23(32)28-24(35)30-29-22(31)14-34-21-9-7-17(27)13-19(21)26/h1-9,12-13H,10-11,14H2,(H,29,31)(H2,28,30,32,35). The normalized spacial score (nSPS) is 10.3. The van der Waals surface area contributed by atoms with E-state index in [0.29, 0.717) is 44.1 Å². The van der Waals surface area contributed by atoms with Crippen LogP contribution in [0.3, 0.4) is 0 Å². The number of hydrazine groups is 1. The van der Waals surface area contributed by atoms with Gasteiger partial charge in [-0.15, -0.1) is 0 Å². The Balaban J connectivity index is 1.48. The molecule has 3 aromatic rings. The van der Waals surface area contributed by atoms with Gasteiger partial charge in [0.05, 0.1) is 16.6 Å². The molecule has 0 aliphatic heterocycles. The van der Waals surface area contributed by atoms with Crippen molar-refractivity contribution in [3.8, 4) is 11.5 Å². The summed E-state index contributed by atoms with van der Waals surface area (Å²) in [5.74, 6) is -0.129. The van der Waals surface area contributed by atoms with E-state index in [1.165, 1.54) is 0 Å². The largest absolute Gasteiger partial charge is 0.492 e. The quantitative estimate of drug-likeness (QED) is 0.232. The second kappa shape index (κ2) is 13.4. The van der Waals surface area contributed by atoms with Gasteiger partial charge < -0.3 is 9.47 Å². The third-order valence-electron chi connectivity index (χ3n) is 4.47. The topological polar surface area (TPSA) is 88.7 Å². The van der Waals surface area contributed by atoms with Gasteiger partial charge in [-0.25, -0.2) is 0 Å². The van der Waals surface area contributed by atoms with Gasteiger partial charge in [0.2, 0.25) is 0 Å². The third kappa shape index (κ3) is 8.81. The number of rotatable bonds is 8. The van der Waals surface area contributed by atoms with E-state index in [-0.39, 0.29) is 11.7 Å². The number of carbonyl (C=O) groups is 2. The van der Waals surface area contributed by atoms with E-state index in [9.17, 15) is 9.59 Å². The summed E-state index contributed by atoms with van der Waals surface area (Å²) in [5.41, 5.74) is 6.26. The Morgan fingerprint density at radius 1 is 0.914 bits per heavy atom. The van der Waals surface area contributed by atoms with Crippen molar-refractivity contribution in [2.45, 2.75) is 6.42 Å². The SMILES string of the molecule is O=C(COc1ccc(Cl)cc1Br)NNC(=S)NC(=O)c1cc(Br)ccc1OCCc1ccccc1. The predicted molar refractivity (Wildman–Crippen MR) is 146 cm³/mol. The van der Waals surface area contributed by atoms with Crippen molar-refractivity contribution < 1.29 is 19.1 Å². The molecule has 0 aromatic heterocycles. The number of thiocarbonyl (C=S) groups is 1. The molecule has 3 N–H and O–H groups in total. The van der Waals surface area contributed by atoms with Gasteiger partial charge in [0.1, 0.15) is 11.5 Å². The molecular weight excluding hydrogens is 622 g/mol. The molecule has 0 aliphatic rings. The molecular formula is C24H20Br2ClN3O4S. The maximum atomic E-state index is 12.8. The van der Waals surface area contributed by atoms with Crippen molar-refractivity contribution >= 4 is 72.6 Å². The van der Waals surface area contributed by atoms with Crippen LogP contribution in [-0.4, -0.2) is 30.1 Å². The lowest BCUT2D eigenvalue weighted by molar-refractivity contribution is -0.123. The van der Waals surface area contributed by atoms with Crippen molar-refractivity contribution in [3.05, 3.63) is 91.8 Å². The molecule has 0 bridgehead atoms. The Hall–Kier alpha value is -2.66. The second-order valence-electron chi connectivity index (χ2n) is 7.04. The Bertz CT molecular complexity index is 1210. The molecule has 0 atom stereocenters. The summed E-state index contributed by atoms with van der Waals surface area (Å²) in [4.78, 5) is 24.8. The van der Waals surface area contributed by atoms with E-state index in [1.54, 1.807) is 36.4 Å². The van der Waals surface area contributed by atoms with E-state index >= 15 is 0 Å². The molecule has 182 valence electrons. The van der Waals surface area contributed by atoms with Crippen molar-refractivity contribution in [1.29, 1.82) is 0 Å². The highest BCUT2D eigenvalue weighted by Crippen LogP contribution is 2.28. The summed E-state index contributed by atoms with van der Waals surface area (Å²) in [6, 6.07) is 19.9. The molecule has 0 aliphatic carbocycles. The Labute approximate surface area is 229 Å². The van der Waals surface area contributed by atoms with Gasteiger partial charge >= 0.3 is 0 Å². The van der Waals surface area contributed by atoms with E-state index in [0.717, 1.165) is 5.56 Å². The van der Waals surface area contributed by atoms with Crippen molar-refractivity contribution in [2.24, 2.45) is 0 Å². The summed E-state index contributed by atoms with van der Waals surface area (Å²) in [6.45, 7) is 0.114. The van der Waals surface area contributed by atoms with Crippen molar-refractivity contribution in [3.63, 3.8) is 0 Å². The lowest BCUT2D eigenvalue weighted by Gasteiger charge is -2.14. The number of carbonyl (C=O) groups excluding carboxylic acids is 2. The molecule has 0 heterocycles. The Kier molecular flexibility index (Phi) is 10.3. The number of halogens is 3. The first kappa shape index (κ1) is 26.9. The molecule has 0 fully saturated rings. The summed E-state index contributed by atoms with van der Waals surface area (Å²) >= 11 is 17.7. The van der Waals surface area contributed by atoms with Crippen LogP contribution in [0.4, 0.5) is 0 Å². The fraction of sp³-hybridized carbons (Fsp3) is 0.125. The molecule has 0 unspecified atom stereocenters. The molecule has 11 heteroatoms. The van der Waals surface area contributed by atoms with E-state index in [2.05, 4.69) is 48.0 Å². The van der Waals surface area contributed by atoms with Crippen LogP contribution in [0.5, 0.6) is 11.5 Å². The average molecular weight is 642 g/mol. The zero-order valence-electron chi connectivity index (χ0n) is 18.1. The van der Waals surface area contributed by atoms with Crippen LogP contribution in [-0.2, 0) is 11.2 Å². The molecule has 0 saturated heterocycles.